The van der Waals surface area contributed by atoms with Crippen LogP contribution in [0.3, 0.4) is 0 Å². The van der Waals surface area contributed by atoms with Crippen LogP contribution in [0.2, 0.25) is 0 Å². The van der Waals surface area contributed by atoms with Gasteiger partial charge in [-0.25, -0.2) is 4.98 Å². The van der Waals surface area contributed by atoms with Gasteiger partial charge in [-0.2, -0.15) is 0 Å². The molecule has 0 bridgehead atoms. The maximum absolute atomic E-state index is 12.2. The van der Waals surface area contributed by atoms with E-state index < -0.39 is 0 Å². The lowest BCUT2D eigenvalue weighted by Gasteiger charge is -2.07. The van der Waals surface area contributed by atoms with E-state index in [1.807, 2.05) is 24.3 Å². The summed E-state index contributed by atoms with van der Waals surface area (Å²) in [6, 6.07) is 7.49. The Balaban J connectivity index is 1.77. The zero-order valence-corrected chi connectivity index (χ0v) is 12.2. The number of H-pyrrole nitrogens is 1. The second kappa shape index (κ2) is 5.29. The van der Waals surface area contributed by atoms with Crippen molar-refractivity contribution in [3.63, 3.8) is 0 Å². The van der Waals surface area contributed by atoms with Gasteiger partial charge in [0.05, 0.1) is 12.1 Å². The van der Waals surface area contributed by atoms with Crippen molar-refractivity contribution in [3.8, 4) is 0 Å². The van der Waals surface area contributed by atoms with Gasteiger partial charge in [0.25, 0.3) is 0 Å². The molecule has 19 heavy (non-hydrogen) atoms. The first-order valence-electron chi connectivity index (χ1n) is 6.58. The number of halogens is 1. The molecule has 0 aliphatic heterocycles. The molecule has 4 heteroatoms. The number of aromatic nitrogens is 2. The number of benzene rings is 1. The lowest BCUT2D eigenvalue weighted by molar-refractivity contribution is 0.0991. The van der Waals surface area contributed by atoms with E-state index in [-0.39, 0.29) is 5.78 Å². The second-order valence-electron chi connectivity index (χ2n) is 4.93. The van der Waals surface area contributed by atoms with E-state index in [0.717, 1.165) is 34.4 Å². The molecule has 3 rings (SSSR count). The summed E-state index contributed by atoms with van der Waals surface area (Å²) in [7, 11) is 0. The normalized spacial score (nSPS) is 14.2. The monoisotopic (exact) mass is 318 g/mol. The van der Waals surface area contributed by atoms with Gasteiger partial charge in [-0.15, -0.1) is 0 Å². The molecule has 1 aliphatic rings. The van der Waals surface area contributed by atoms with E-state index >= 15 is 0 Å². The van der Waals surface area contributed by atoms with Crippen LogP contribution in [0.1, 0.15) is 40.4 Å². The van der Waals surface area contributed by atoms with Crippen LogP contribution in [0.25, 0.3) is 0 Å². The van der Waals surface area contributed by atoms with Gasteiger partial charge in [-0.3, -0.25) is 4.79 Å². The largest absolute Gasteiger partial charge is 0.345 e. The third kappa shape index (κ3) is 2.78. The average molecular weight is 319 g/mol. The van der Waals surface area contributed by atoms with Crippen molar-refractivity contribution in [2.24, 2.45) is 0 Å². The van der Waals surface area contributed by atoms with Crippen LogP contribution in [0, 0.1) is 0 Å². The highest BCUT2D eigenvalue weighted by Crippen LogP contribution is 2.19. The average Bonchev–Trinajstić information content (AvgIpc) is 2.80. The van der Waals surface area contributed by atoms with Gasteiger partial charge in [0, 0.05) is 15.7 Å². The number of carbonyl (C=O) groups excluding carboxylic acids is 1. The van der Waals surface area contributed by atoms with Crippen molar-refractivity contribution in [2.75, 3.05) is 0 Å². The Morgan fingerprint density at radius 3 is 2.95 bits per heavy atom. The Hall–Kier alpha value is -1.42. The Morgan fingerprint density at radius 1 is 1.32 bits per heavy atom. The molecule has 0 fully saturated rings. The summed E-state index contributed by atoms with van der Waals surface area (Å²) >= 11 is 3.39. The number of fused-ring (bicyclic) bond motifs is 1. The predicted molar refractivity (Wildman–Crippen MR) is 77.4 cm³/mol. The summed E-state index contributed by atoms with van der Waals surface area (Å²) in [6.45, 7) is 0. The van der Waals surface area contributed by atoms with Crippen LogP contribution in [0.4, 0.5) is 0 Å². The topological polar surface area (TPSA) is 45.8 Å². The number of nitrogens with zero attached hydrogens (tertiary/aromatic N) is 1. The summed E-state index contributed by atoms with van der Waals surface area (Å²) in [4.78, 5) is 20.1. The summed E-state index contributed by atoms with van der Waals surface area (Å²) in [6.07, 6.45) is 4.87. The van der Waals surface area contributed by atoms with Crippen LogP contribution >= 0.6 is 15.9 Å². The molecule has 0 amide bonds. The molecule has 1 aromatic carbocycles. The fraction of sp³-hybridized carbons (Fsp3) is 0.333. The molecule has 0 saturated heterocycles. The number of hydrogen-bond donors (Lipinski definition) is 1. The maximum Gasteiger partial charge on any atom is 0.170 e. The van der Waals surface area contributed by atoms with Gasteiger partial charge in [0.1, 0.15) is 5.82 Å². The van der Waals surface area contributed by atoms with Crippen LogP contribution in [-0.2, 0) is 19.3 Å². The number of carbonyl (C=O) groups is 1. The maximum atomic E-state index is 12.2. The van der Waals surface area contributed by atoms with Gasteiger partial charge in [-0.05, 0) is 37.8 Å². The Labute approximate surface area is 120 Å². The summed E-state index contributed by atoms with van der Waals surface area (Å²) in [5, 5.41) is 0. The van der Waals surface area contributed by atoms with E-state index in [2.05, 4.69) is 25.9 Å². The lowest BCUT2D eigenvalue weighted by Crippen LogP contribution is -2.05. The number of rotatable bonds is 3. The molecular formula is C15H15BrN2O. The van der Waals surface area contributed by atoms with Crippen LogP contribution < -0.4 is 0 Å². The highest BCUT2D eigenvalue weighted by molar-refractivity contribution is 9.10. The Kier molecular flexibility index (Phi) is 3.51. The van der Waals surface area contributed by atoms with Gasteiger partial charge in [0.15, 0.2) is 5.78 Å². The minimum Gasteiger partial charge on any atom is -0.345 e. The first-order chi connectivity index (χ1) is 9.22. The standard InChI is InChI=1S/C15H15BrN2O/c16-11-5-3-4-10(8-11)14(19)9-15-17-12-6-1-2-7-13(12)18-15/h3-5,8H,1-2,6-7,9H2,(H,17,18). The number of hydrogen-bond acceptors (Lipinski definition) is 2. The van der Waals surface area contributed by atoms with Crippen LogP contribution in [0.5, 0.6) is 0 Å². The number of imidazole rings is 1. The highest BCUT2D eigenvalue weighted by atomic mass is 79.9. The minimum absolute atomic E-state index is 0.104. The molecule has 1 N–H and O–H groups in total. The van der Waals surface area contributed by atoms with Crippen LogP contribution in [-0.4, -0.2) is 15.8 Å². The number of nitrogens with one attached hydrogen (secondary N) is 1. The fourth-order valence-corrected chi connectivity index (χ4v) is 2.91. The van der Waals surface area contributed by atoms with Crippen molar-refractivity contribution < 1.29 is 4.79 Å². The number of ketones is 1. The Bertz CT molecular complexity index is 595. The summed E-state index contributed by atoms with van der Waals surface area (Å²) < 4.78 is 0.928. The van der Waals surface area contributed by atoms with Crippen molar-refractivity contribution in [3.05, 3.63) is 51.5 Å². The summed E-state index contributed by atoms with van der Waals surface area (Å²) in [5.74, 6) is 0.907. The predicted octanol–water partition coefficient (Wildman–Crippen LogP) is 3.48. The zero-order chi connectivity index (χ0) is 13.2. The third-order valence-electron chi connectivity index (χ3n) is 3.48. The van der Waals surface area contributed by atoms with E-state index in [1.165, 1.54) is 18.5 Å². The molecule has 0 unspecified atom stereocenters. The molecule has 98 valence electrons. The molecule has 2 aromatic rings. The first-order valence-corrected chi connectivity index (χ1v) is 7.37. The third-order valence-corrected chi connectivity index (χ3v) is 3.97. The van der Waals surface area contributed by atoms with Gasteiger partial charge in [-0.1, -0.05) is 28.1 Å². The fourth-order valence-electron chi connectivity index (χ4n) is 2.51. The van der Waals surface area contributed by atoms with Gasteiger partial charge < -0.3 is 4.98 Å². The quantitative estimate of drug-likeness (QED) is 0.881. The first kappa shape index (κ1) is 12.6. The molecule has 1 aliphatic carbocycles. The van der Waals surface area contributed by atoms with Crippen LogP contribution in [0.15, 0.2) is 28.7 Å². The lowest BCUT2D eigenvalue weighted by atomic mass is 10.0. The van der Waals surface area contributed by atoms with Gasteiger partial charge in [0.2, 0.25) is 0 Å². The van der Waals surface area contributed by atoms with E-state index in [0.29, 0.717) is 6.42 Å². The van der Waals surface area contributed by atoms with E-state index in [9.17, 15) is 4.79 Å². The van der Waals surface area contributed by atoms with Crippen molar-refractivity contribution in [2.45, 2.75) is 32.1 Å². The van der Waals surface area contributed by atoms with Crippen molar-refractivity contribution >= 4 is 21.7 Å². The number of aromatic amines is 1. The molecule has 0 saturated carbocycles. The SMILES string of the molecule is O=C(Cc1nc2c([nH]1)CCCC2)c1cccc(Br)c1. The zero-order valence-electron chi connectivity index (χ0n) is 10.6. The highest BCUT2D eigenvalue weighted by Gasteiger charge is 2.16. The molecule has 1 aromatic heterocycles. The molecule has 3 nitrogen and oxygen atoms in total. The number of Topliss-reactive ketones (excluding diaryl/α,β-unsaturated/α-hetero) is 1. The van der Waals surface area contributed by atoms with Gasteiger partial charge >= 0.3 is 0 Å². The van der Waals surface area contributed by atoms with Crippen molar-refractivity contribution in [1.82, 2.24) is 9.97 Å². The molecular weight excluding hydrogens is 304 g/mol. The molecule has 1 heterocycles. The molecule has 0 spiro atoms. The number of aryl methyl sites for hydroxylation is 2. The minimum atomic E-state index is 0.104. The van der Waals surface area contributed by atoms with Crippen molar-refractivity contribution in [1.29, 1.82) is 0 Å². The summed E-state index contributed by atoms with van der Waals surface area (Å²) in [5.41, 5.74) is 3.11. The van der Waals surface area contributed by atoms with E-state index in [4.69, 9.17) is 0 Å². The Morgan fingerprint density at radius 2 is 2.16 bits per heavy atom. The van der Waals surface area contributed by atoms with E-state index in [1.54, 1.807) is 0 Å². The molecule has 0 atom stereocenters. The molecule has 0 radical (unpaired) electrons. The smallest absolute Gasteiger partial charge is 0.170 e. The second-order valence-corrected chi connectivity index (χ2v) is 5.84.